The number of nitrogens with one attached hydrogen (secondary N) is 1. The number of anilines is 2. The zero-order chi connectivity index (χ0) is 12.1. The summed E-state index contributed by atoms with van der Waals surface area (Å²) in [4.78, 5) is 0. The first-order chi connectivity index (χ1) is 8.29. The molecule has 1 aliphatic rings. The lowest BCUT2D eigenvalue weighted by molar-refractivity contribution is 0.0497. The molecule has 0 saturated carbocycles. The third-order valence-corrected chi connectivity index (χ3v) is 2.63. The normalized spacial score (nSPS) is 16.8. The number of nitrogens with zero attached hydrogens (tertiary/aromatic N) is 1. The van der Waals surface area contributed by atoms with Gasteiger partial charge in [-0.3, -0.25) is 0 Å². The van der Waals surface area contributed by atoms with Gasteiger partial charge in [0.1, 0.15) is 5.75 Å². The molecule has 1 aromatic carbocycles. The van der Waals surface area contributed by atoms with Crippen LogP contribution in [0.5, 0.6) is 5.75 Å². The van der Waals surface area contributed by atoms with Crippen LogP contribution in [0.2, 0.25) is 0 Å². The van der Waals surface area contributed by atoms with E-state index in [1.807, 2.05) is 25.1 Å². The molecule has 0 aromatic heterocycles. The molecule has 1 aromatic rings. The predicted molar refractivity (Wildman–Crippen MR) is 68.0 cm³/mol. The summed E-state index contributed by atoms with van der Waals surface area (Å²) in [6, 6.07) is 5.66. The zero-order valence-corrected chi connectivity index (χ0v) is 10.1. The molecule has 0 bridgehead atoms. The number of hydrazine groups is 1. The van der Waals surface area contributed by atoms with Gasteiger partial charge in [0, 0.05) is 19.2 Å². The molecule has 1 heterocycles. The van der Waals surface area contributed by atoms with Crippen molar-refractivity contribution in [1.82, 2.24) is 5.01 Å². The van der Waals surface area contributed by atoms with E-state index < -0.39 is 0 Å². The lowest BCUT2D eigenvalue weighted by Crippen LogP contribution is -2.40. The Balaban J connectivity index is 2.04. The van der Waals surface area contributed by atoms with E-state index in [0.29, 0.717) is 6.61 Å². The van der Waals surface area contributed by atoms with Crippen molar-refractivity contribution in [2.24, 2.45) is 0 Å². The molecule has 17 heavy (non-hydrogen) atoms. The molecule has 3 N–H and O–H groups in total. The Morgan fingerprint density at radius 3 is 2.88 bits per heavy atom. The van der Waals surface area contributed by atoms with E-state index in [4.69, 9.17) is 15.2 Å². The molecule has 0 radical (unpaired) electrons. The van der Waals surface area contributed by atoms with Crippen molar-refractivity contribution in [2.45, 2.75) is 6.92 Å². The third-order valence-electron chi connectivity index (χ3n) is 2.63. The van der Waals surface area contributed by atoms with E-state index in [2.05, 4.69) is 10.4 Å². The lowest BCUT2D eigenvalue weighted by atomic mass is 10.2. The average molecular weight is 237 g/mol. The maximum absolute atomic E-state index is 5.93. The highest BCUT2D eigenvalue weighted by molar-refractivity contribution is 5.67. The van der Waals surface area contributed by atoms with E-state index in [9.17, 15) is 0 Å². The predicted octanol–water partition coefficient (Wildman–Crippen LogP) is 1.33. The molecule has 0 amide bonds. The van der Waals surface area contributed by atoms with Crippen molar-refractivity contribution in [3.63, 3.8) is 0 Å². The number of hydrogen-bond acceptors (Lipinski definition) is 5. The van der Waals surface area contributed by atoms with Gasteiger partial charge in [0.15, 0.2) is 0 Å². The Labute approximate surface area is 101 Å². The third kappa shape index (κ3) is 3.25. The highest BCUT2D eigenvalue weighted by Gasteiger charge is 2.11. The molecular weight excluding hydrogens is 218 g/mol. The molecular formula is C12H19N3O2. The number of ether oxygens (including phenoxy) is 2. The van der Waals surface area contributed by atoms with Gasteiger partial charge < -0.3 is 20.6 Å². The van der Waals surface area contributed by atoms with Gasteiger partial charge in [-0.15, -0.1) is 0 Å². The van der Waals surface area contributed by atoms with E-state index in [0.717, 1.165) is 43.4 Å². The second kappa shape index (κ2) is 5.75. The summed E-state index contributed by atoms with van der Waals surface area (Å²) in [6.45, 7) is 5.83. The molecule has 0 spiro atoms. The summed E-state index contributed by atoms with van der Waals surface area (Å²) >= 11 is 0. The van der Waals surface area contributed by atoms with Crippen molar-refractivity contribution < 1.29 is 9.47 Å². The van der Waals surface area contributed by atoms with Crippen LogP contribution in [0.4, 0.5) is 11.4 Å². The van der Waals surface area contributed by atoms with Crippen molar-refractivity contribution in [1.29, 1.82) is 0 Å². The fourth-order valence-electron chi connectivity index (χ4n) is 1.73. The highest BCUT2D eigenvalue weighted by Crippen LogP contribution is 2.25. The molecule has 5 nitrogen and oxygen atoms in total. The maximum atomic E-state index is 5.93. The van der Waals surface area contributed by atoms with Crippen LogP contribution >= 0.6 is 0 Å². The second-order valence-electron chi connectivity index (χ2n) is 3.89. The highest BCUT2D eigenvalue weighted by atomic mass is 16.5. The fourth-order valence-corrected chi connectivity index (χ4v) is 1.73. The van der Waals surface area contributed by atoms with Crippen LogP contribution in [0.1, 0.15) is 6.92 Å². The number of benzene rings is 1. The average Bonchev–Trinajstić information content (AvgIpc) is 2.35. The fraction of sp³-hybridized carbons (Fsp3) is 0.500. The van der Waals surface area contributed by atoms with Crippen LogP contribution in [0.3, 0.4) is 0 Å². The molecule has 5 heteroatoms. The number of morpholine rings is 1. The first kappa shape index (κ1) is 12.0. The van der Waals surface area contributed by atoms with Crippen LogP contribution in [-0.2, 0) is 4.74 Å². The van der Waals surface area contributed by atoms with Crippen LogP contribution < -0.4 is 15.9 Å². The zero-order valence-electron chi connectivity index (χ0n) is 10.1. The Hall–Kier alpha value is -1.46. The summed E-state index contributed by atoms with van der Waals surface area (Å²) in [6.07, 6.45) is 0. The van der Waals surface area contributed by atoms with Gasteiger partial charge in [-0.25, -0.2) is 5.01 Å². The van der Waals surface area contributed by atoms with Crippen LogP contribution in [0.15, 0.2) is 18.2 Å². The first-order valence-electron chi connectivity index (χ1n) is 5.91. The van der Waals surface area contributed by atoms with Gasteiger partial charge in [0.2, 0.25) is 0 Å². The van der Waals surface area contributed by atoms with Crippen LogP contribution in [0.25, 0.3) is 0 Å². The van der Waals surface area contributed by atoms with Gasteiger partial charge in [-0.05, 0) is 19.1 Å². The topological polar surface area (TPSA) is 59.8 Å². The summed E-state index contributed by atoms with van der Waals surface area (Å²) in [5, 5.41) is 2.10. The van der Waals surface area contributed by atoms with Crippen molar-refractivity contribution in [2.75, 3.05) is 44.1 Å². The molecule has 1 fully saturated rings. The summed E-state index contributed by atoms with van der Waals surface area (Å²) in [5.74, 6) is 0.831. The number of nitrogen functional groups attached to an aromatic ring is 1. The number of nitrogens with two attached hydrogens (primary N) is 1. The molecule has 0 unspecified atom stereocenters. The summed E-state index contributed by atoms with van der Waals surface area (Å²) in [7, 11) is 0. The second-order valence-corrected chi connectivity index (χ2v) is 3.89. The van der Waals surface area contributed by atoms with Gasteiger partial charge in [0.05, 0.1) is 31.2 Å². The van der Waals surface area contributed by atoms with Gasteiger partial charge >= 0.3 is 0 Å². The molecule has 1 saturated heterocycles. The SMILES string of the molecule is CCOc1ccc(N)c(NN2CCOCC2)c1. The molecule has 2 rings (SSSR count). The maximum Gasteiger partial charge on any atom is 0.121 e. The van der Waals surface area contributed by atoms with Gasteiger partial charge in [-0.1, -0.05) is 0 Å². The Bertz CT molecular complexity index is 365. The Kier molecular flexibility index (Phi) is 4.06. The number of rotatable bonds is 4. The minimum atomic E-state index is 0.654. The van der Waals surface area contributed by atoms with E-state index in [1.165, 1.54) is 0 Å². The Morgan fingerprint density at radius 2 is 2.18 bits per heavy atom. The van der Waals surface area contributed by atoms with E-state index in [-0.39, 0.29) is 0 Å². The smallest absolute Gasteiger partial charge is 0.121 e. The molecule has 0 atom stereocenters. The van der Waals surface area contributed by atoms with Gasteiger partial charge in [-0.2, -0.15) is 0 Å². The molecule has 1 aliphatic heterocycles. The monoisotopic (exact) mass is 237 g/mol. The van der Waals surface area contributed by atoms with Crippen LogP contribution in [0, 0.1) is 0 Å². The van der Waals surface area contributed by atoms with E-state index in [1.54, 1.807) is 0 Å². The van der Waals surface area contributed by atoms with E-state index >= 15 is 0 Å². The first-order valence-corrected chi connectivity index (χ1v) is 5.91. The van der Waals surface area contributed by atoms with Crippen molar-refractivity contribution in [3.8, 4) is 5.75 Å². The lowest BCUT2D eigenvalue weighted by Gasteiger charge is -2.28. The Morgan fingerprint density at radius 1 is 1.41 bits per heavy atom. The number of hydrogen-bond donors (Lipinski definition) is 2. The minimum Gasteiger partial charge on any atom is -0.494 e. The molecule has 0 aliphatic carbocycles. The summed E-state index contributed by atoms with van der Waals surface area (Å²) < 4.78 is 10.7. The standard InChI is InChI=1S/C12H19N3O2/c1-2-17-10-3-4-11(13)12(9-10)14-15-5-7-16-8-6-15/h3-4,9,14H,2,5-8,13H2,1H3. The molecule has 94 valence electrons. The van der Waals surface area contributed by atoms with Gasteiger partial charge in [0.25, 0.3) is 0 Å². The van der Waals surface area contributed by atoms with Crippen molar-refractivity contribution >= 4 is 11.4 Å². The minimum absolute atomic E-state index is 0.654. The largest absolute Gasteiger partial charge is 0.494 e. The summed E-state index contributed by atoms with van der Waals surface area (Å²) in [5.41, 5.74) is 10.8. The van der Waals surface area contributed by atoms with Crippen molar-refractivity contribution in [3.05, 3.63) is 18.2 Å². The van der Waals surface area contributed by atoms with Crippen LogP contribution in [-0.4, -0.2) is 37.9 Å². The quantitative estimate of drug-likeness (QED) is 0.774.